The first-order valence-corrected chi connectivity index (χ1v) is 13.7. The Labute approximate surface area is 231 Å². The fourth-order valence-corrected chi connectivity index (χ4v) is 5.33. The molecule has 8 nitrogen and oxygen atoms in total. The molecule has 2 saturated heterocycles. The van der Waals surface area contributed by atoms with E-state index >= 15 is 0 Å². The number of rotatable bonds is 6. The van der Waals surface area contributed by atoms with Crippen LogP contribution in [-0.2, 0) is 4.79 Å². The van der Waals surface area contributed by atoms with E-state index in [2.05, 4.69) is 4.90 Å². The number of halogens is 1. The molecule has 1 N–H and O–H groups in total. The Hall–Kier alpha value is -3.20. The second-order valence-corrected chi connectivity index (χ2v) is 10.7. The second-order valence-electron chi connectivity index (χ2n) is 10.7. The molecule has 0 bridgehead atoms. The number of nitrogens with zero attached hydrogens (tertiary/aromatic N) is 4. The number of pyridine rings is 1. The third-order valence-corrected chi connectivity index (χ3v) is 7.74. The van der Waals surface area contributed by atoms with Gasteiger partial charge >= 0.3 is 0 Å². The van der Waals surface area contributed by atoms with Gasteiger partial charge in [-0.3, -0.25) is 9.59 Å². The number of aryl methyl sites for hydroxylation is 1. The van der Waals surface area contributed by atoms with Crippen LogP contribution >= 0.6 is 0 Å². The Balaban J connectivity index is 0.000000320. The molecular weight excluding hydrogens is 499 g/mol. The summed E-state index contributed by atoms with van der Waals surface area (Å²) >= 11 is 0. The van der Waals surface area contributed by atoms with E-state index in [-0.39, 0.29) is 17.4 Å². The molecule has 1 aromatic heterocycles. The standard InChI is InChI=1S/C22H34N4O2.C8H9FO2/c1-16-20(22(28)24(3)4)5-6-21(23-16)26-13-9-19(10-14-26)15-18-7-11-25(12-8-18)17(2)27;1-11-7-4-2-3-6(5-7)8(9)10/h5-6,18-19H,7-15H2,1-4H3;2-5,8,10H,1H3. The molecule has 0 radical (unpaired) electrons. The third-order valence-electron chi connectivity index (χ3n) is 7.74. The van der Waals surface area contributed by atoms with Crippen molar-refractivity contribution in [2.45, 2.75) is 52.3 Å². The summed E-state index contributed by atoms with van der Waals surface area (Å²) in [4.78, 5) is 34.3. The molecular formula is C30H43FN4O4. The Morgan fingerprint density at radius 2 is 1.69 bits per heavy atom. The first-order valence-electron chi connectivity index (χ1n) is 13.7. The molecule has 2 fully saturated rings. The summed E-state index contributed by atoms with van der Waals surface area (Å²) in [6.07, 6.45) is 4.08. The lowest BCUT2D eigenvalue weighted by Crippen LogP contribution is -2.39. The highest BCUT2D eigenvalue weighted by Crippen LogP contribution is 2.31. The average molecular weight is 543 g/mol. The van der Waals surface area contributed by atoms with Gasteiger partial charge in [-0.15, -0.1) is 0 Å². The van der Waals surface area contributed by atoms with E-state index in [1.54, 1.807) is 38.1 Å². The maximum Gasteiger partial charge on any atom is 0.255 e. The van der Waals surface area contributed by atoms with E-state index in [4.69, 9.17) is 14.8 Å². The van der Waals surface area contributed by atoms with Gasteiger partial charge in [0.25, 0.3) is 5.91 Å². The summed E-state index contributed by atoms with van der Waals surface area (Å²) in [5.41, 5.74) is 1.69. The highest BCUT2D eigenvalue weighted by atomic mass is 19.1. The quantitative estimate of drug-likeness (QED) is 0.574. The smallest absolute Gasteiger partial charge is 0.255 e. The highest BCUT2D eigenvalue weighted by Gasteiger charge is 2.27. The van der Waals surface area contributed by atoms with Crippen LogP contribution in [0, 0.1) is 18.8 Å². The number of ether oxygens (including phenoxy) is 1. The number of amides is 2. The van der Waals surface area contributed by atoms with E-state index < -0.39 is 6.36 Å². The van der Waals surface area contributed by atoms with Crippen LogP contribution in [-0.4, -0.2) is 79.1 Å². The molecule has 0 saturated carbocycles. The lowest BCUT2D eigenvalue weighted by atomic mass is 9.83. The molecule has 214 valence electrons. The molecule has 2 aromatic rings. The van der Waals surface area contributed by atoms with E-state index in [1.807, 2.05) is 24.0 Å². The molecule has 9 heteroatoms. The van der Waals surface area contributed by atoms with Gasteiger partial charge in [0, 0.05) is 52.8 Å². The summed E-state index contributed by atoms with van der Waals surface area (Å²) in [7, 11) is 5.03. The number of alkyl halides is 1. The summed E-state index contributed by atoms with van der Waals surface area (Å²) in [6, 6.07) is 10.1. The van der Waals surface area contributed by atoms with Gasteiger partial charge in [-0.25, -0.2) is 9.37 Å². The number of aliphatic hydroxyl groups excluding tert-OH is 1. The number of anilines is 1. The van der Waals surface area contributed by atoms with Gasteiger partial charge in [-0.2, -0.15) is 0 Å². The number of methoxy groups -OCH3 is 1. The zero-order valence-electron chi connectivity index (χ0n) is 23.9. The lowest BCUT2D eigenvalue weighted by molar-refractivity contribution is -0.130. The molecule has 2 amide bonds. The van der Waals surface area contributed by atoms with Crippen LogP contribution in [0.1, 0.15) is 67.0 Å². The number of carbonyl (C=O) groups excluding carboxylic acids is 2. The van der Waals surface area contributed by atoms with Crippen LogP contribution in [0.3, 0.4) is 0 Å². The van der Waals surface area contributed by atoms with Crippen LogP contribution in [0.5, 0.6) is 5.75 Å². The first-order chi connectivity index (χ1) is 18.6. The molecule has 0 aliphatic carbocycles. The van der Waals surface area contributed by atoms with E-state index in [1.165, 1.54) is 38.5 Å². The predicted molar refractivity (Wildman–Crippen MR) is 151 cm³/mol. The summed E-state index contributed by atoms with van der Waals surface area (Å²) in [5.74, 6) is 3.30. The fraction of sp³-hybridized carbons (Fsp3) is 0.567. The van der Waals surface area contributed by atoms with E-state index in [9.17, 15) is 14.0 Å². The van der Waals surface area contributed by atoms with Gasteiger partial charge in [-0.1, -0.05) is 12.1 Å². The van der Waals surface area contributed by atoms with Gasteiger partial charge in [0.1, 0.15) is 11.6 Å². The zero-order chi connectivity index (χ0) is 28.5. The number of hydrogen-bond donors (Lipinski definition) is 1. The van der Waals surface area contributed by atoms with Gasteiger partial charge in [0.2, 0.25) is 12.3 Å². The number of piperidine rings is 2. The van der Waals surface area contributed by atoms with Crippen molar-refractivity contribution in [3.63, 3.8) is 0 Å². The monoisotopic (exact) mass is 542 g/mol. The number of hydrogen-bond acceptors (Lipinski definition) is 6. The Morgan fingerprint density at radius 3 is 2.21 bits per heavy atom. The molecule has 1 atom stereocenters. The topological polar surface area (TPSA) is 86.2 Å². The van der Waals surface area contributed by atoms with Crippen molar-refractivity contribution in [3.05, 3.63) is 53.2 Å². The average Bonchev–Trinajstić information content (AvgIpc) is 2.93. The minimum atomic E-state index is -1.93. The summed E-state index contributed by atoms with van der Waals surface area (Å²) < 4.78 is 17.1. The van der Waals surface area contributed by atoms with Crippen molar-refractivity contribution in [1.29, 1.82) is 0 Å². The SMILES string of the molecule is CC(=O)N1CCC(CC2CCN(c3ccc(C(=O)N(C)C)c(C)n3)CC2)CC1.COc1cccc(C(O)F)c1. The molecule has 2 aliphatic rings. The number of aliphatic hydroxyl groups is 1. The molecule has 0 spiro atoms. The molecule has 39 heavy (non-hydrogen) atoms. The Kier molecular flexibility index (Phi) is 11.1. The van der Waals surface area contributed by atoms with Crippen LogP contribution in [0.25, 0.3) is 0 Å². The molecule has 2 aliphatic heterocycles. The van der Waals surface area contributed by atoms with Crippen molar-refractivity contribution >= 4 is 17.6 Å². The van der Waals surface area contributed by atoms with Crippen molar-refractivity contribution in [2.24, 2.45) is 11.8 Å². The van der Waals surface area contributed by atoms with Crippen LogP contribution in [0.4, 0.5) is 10.2 Å². The van der Waals surface area contributed by atoms with Crippen molar-refractivity contribution in [1.82, 2.24) is 14.8 Å². The number of carbonyl (C=O) groups is 2. The maximum atomic E-state index is 12.3. The summed E-state index contributed by atoms with van der Waals surface area (Å²) in [5, 5.41) is 8.52. The van der Waals surface area contributed by atoms with Gasteiger partial charge in [0.05, 0.1) is 18.4 Å². The fourth-order valence-electron chi connectivity index (χ4n) is 5.33. The minimum absolute atomic E-state index is 0.00563. The molecule has 1 unspecified atom stereocenters. The van der Waals surface area contributed by atoms with Gasteiger partial charge in [-0.05, 0) is 75.1 Å². The van der Waals surface area contributed by atoms with Crippen LogP contribution < -0.4 is 9.64 Å². The van der Waals surface area contributed by atoms with Crippen molar-refractivity contribution in [2.75, 3.05) is 52.3 Å². The zero-order valence-corrected chi connectivity index (χ0v) is 23.9. The Bertz CT molecular complexity index is 1090. The lowest BCUT2D eigenvalue weighted by Gasteiger charge is -2.37. The Morgan fingerprint density at radius 1 is 1.08 bits per heavy atom. The highest BCUT2D eigenvalue weighted by molar-refractivity contribution is 5.95. The van der Waals surface area contributed by atoms with Crippen LogP contribution in [0.2, 0.25) is 0 Å². The largest absolute Gasteiger partial charge is 0.497 e. The van der Waals surface area contributed by atoms with Gasteiger partial charge in [0.15, 0.2) is 0 Å². The number of aromatic nitrogens is 1. The molecule has 4 rings (SSSR count). The van der Waals surface area contributed by atoms with Crippen molar-refractivity contribution in [3.8, 4) is 5.75 Å². The van der Waals surface area contributed by atoms with E-state index in [0.717, 1.165) is 62.4 Å². The maximum absolute atomic E-state index is 12.3. The number of benzene rings is 1. The number of likely N-dealkylation sites (tertiary alicyclic amines) is 1. The van der Waals surface area contributed by atoms with Crippen LogP contribution in [0.15, 0.2) is 36.4 Å². The molecule has 1 aromatic carbocycles. The van der Waals surface area contributed by atoms with E-state index in [0.29, 0.717) is 11.3 Å². The second kappa shape index (κ2) is 14.3. The normalized spacial score (nSPS) is 17.2. The third kappa shape index (κ3) is 8.65. The van der Waals surface area contributed by atoms with Gasteiger partial charge < -0.3 is 24.5 Å². The minimum Gasteiger partial charge on any atom is -0.497 e. The molecule has 3 heterocycles. The predicted octanol–water partition coefficient (Wildman–Crippen LogP) is 4.61. The summed E-state index contributed by atoms with van der Waals surface area (Å²) in [6.45, 7) is 7.52. The van der Waals surface area contributed by atoms with Crippen molar-refractivity contribution < 1.29 is 23.8 Å². The first kappa shape index (κ1) is 30.3.